The van der Waals surface area contributed by atoms with Crippen LogP contribution in [-0.4, -0.2) is 56.8 Å². The Kier molecular flexibility index (Phi) is 7.49. The van der Waals surface area contributed by atoms with Crippen LogP contribution >= 0.6 is 11.6 Å². The Morgan fingerprint density at radius 3 is 2.62 bits per heavy atom. The number of rotatable bonds is 7. The maximum absolute atomic E-state index is 12.7. The summed E-state index contributed by atoms with van der Waals surface area (Å²) in [5, 5.41) is 14.3. The molecule has 0 unspecified atom stereocenters. The second-order valence-corrected chi connectivity index (χ2v) is 7.39. The fourth-order valence-electron chi connectivity index (χ4n) is 3.21. The third-order valence-electron chi connectivity index (χ3n) is 4.85. The first kappa shape index (κ1) is 23.3. The monoisotopic (exact) mass is 463 g/mol. The van der Waals surface area contributed by atoms with Gasteiger partial charge in [0.2, 0.25) is 0 Å². The second kappa shape index (κ2) is 10.3. The van der Waals surface area contributed by atoms with Gasteiger partial charge in [-0.1, -0.05) is 11.6 Å². The molecule has 32 heavy (non-hydrogen) atoms. The Hall–Kier alpha value is -3.37. The average molecular weight is 464 g/mol. The van der Waals surface area contributed by atoms with Gasteiger partial charge < -0.3 is 24.4 Å². The summed E-state index contributed by atoms with van der Waals surface area (Å²) in [5.74, 6) is -1.09. The fraction of sp³-hybridized carbons (Fsp3) is 0.333. The first-order valence-corrected chi connectivity index (χ1v) is 10.1. The second-order valence-electron chi connectivity index (χ2n) is 6.98. The van der Waals surface area contributed by atoms with Crippen LogP contribution in [0.15, 0.2) is 30.3 Å². The number of methoxy groups -OCH3 is 1. The highest BCUT2D eigenvalue weighted by atomic mass is 35.5. The SMILES string of the molecule is COc1cc(Cl)c(C)cc1NC(=O)COC(=O)c1cc([N+](=O)[O-])ccc1N1CCOCC1. The highest BCUT2D eigenvalue weighted by Crippen LogP contribution is 2.31. The number of halogens is 1. The summed E-state index contributed by atoms with van der Waals surface area (Å²) < 4.78 is 15.7. The van der Waals surface area contributed by atoms with Gasteiger partial charge in [0.1, 0.15) is 5.75 Å². The van der Waals surface area contributed by atoms with E-state index in [-0.39, 0.29) is 11.3 Å². The highest BCUT2D eigenvalue weighted by Gasteiger charge is 2.24. The molecule has 0 bridgehead atoms. The number of hydrogen-bond acceptors (Lipinski definition) is 8. The number of esters is 1. The number of carbonyl (C=O) groups is 2. The van der Waals surface area contributed by atoms with Gasteiger partial charge in [-0.3, -0.25) is 14.9 Å². The topological polar surface area (TPSA) is 120 Å². The molecule has 0 aliphatic carbocycles. The summed E-state index contributed by atoms with van der Waals surface area (Å²) in [5.41, 5.74) is 1.35. The van der Waals surface area contributed by atoms with Crippen molar-refractivity contribution in [2.45, 2.75) is 6.92 Å². The van der Waals surface area contributed by atoms with Crippen molar-refractivity contribution in [1.29, 1.82) is 0 Å². The summed E-state index contributed by atoms with van der Waals surface area (Å²) in [6.07, 6.45) is 0. The van der Waals surface area contributed by atoms with Gasteiger partial charge in [0.25, 0.3) is 11.6 Å². The van der Waals surface area contributed by atoms with Crippen LogP contribution in [0.2, 0.25) is 5.02 Å². The van der Waals surface area contributed by atoms with Gasteiger partial charge in [-0.2, -0.15) is 0 Å². The zero-order valence-electron chi connectivity index (χ0n) is 17.6. The molecule has 1 amide bonds. The number of hydrogen-bond donors (Lipinski definition) is 1. The standard InChI is InChI=1S/C21H22ClN3O7/c1-13-9-17(19(30-2)11-16(13)22)23-20(26)12-32-21(27)15-10-14(25(28)29)3-4-18(15)24-5-7-31-8-6-24/h3-4,9-11H,5-8,12H2,1-2H3,(H,23,26). The van der Waals surface area contributed by atoms with E-state index in [1.54, 1.807) is 19.1 Å². The largest absolute Gasteiger partial charge is 0.495 e. The van der Waals surface area contributed by atoms with Crippen molar-refractivity contribution in [3.63, 3.8) is 0 Å². The van der Waals surface area contributed by atoms with Crippen LogP contribution in [-0.2, 0) is 14.3 Å². The molecule has 3 rings (SSSR count). The van der Waals surface area contributed by atoms with E-state index < -0.39 is 23.4 Å². The summed E-state index contributed by atoms with van der Waals surface area (Å²) in [4.78, 5) is 37.6. The summed E-state index contributed by atoms with van der Waals surface area (Å²) in [6, 6.07) is 7.18. The van der Waals surface area contributed by atoms with Gasteiger partial charge in [0.15, 0.2) is 6.61 Å². The lowest BCUT2D eigenvalue weighted by Crippen LogP contribution is -2.37. The lowest BCUT2D eigenvalue weighted by Gasteiger charge is -2.30. The highest BCUT2D eigenvalue weighted by molar-refractivity contribution is 6.31. The van der Waals surface area contributed by atoms with Crippen LogP contribution in [0.25, 0.3) is 0 Å². The van der Waals surface area contributed by atoms with Crippen molar-refractivity contribution in [3.8, 4) is 5.75 Å². The number of nitro groups is 1. The molecule has 1 fully saturated rings. The minimum atomic E-state index is -0.843. The van der Waals surface area contributed by atoms with Gasteiger partial charge in [-0.05, 0) is 24.6 Å². The number of nitrogens with zero attached hydrogens (tertiary/aromatic N) is 2. The first-order chi connectivity index (χ1) is 15.3. The summed E-state index contributed by atoms with van der Waals surface area (Å²) >= 11 is 6.06. The van der Waals surface area contributed by atoms with Crippen LogP contribution in [0.4, 0.5) is 17.1 Å². The minimum absolute atomic E-state index is 0.00816. The van der Waals surface area contributed by atoms with E-state index in [9.17, 15) is 19.7 Å². The Morgan fingerprint density at radius 1 is 1.25 bits per heavy atom. The fourth-order valence-corrected chi connectivity index (χ4v) is 3.36. The maximum Gasteiger partial charge on any atom is 0.341 e. The normalized spacial score (nSPS) is 13.4. The number of benzene rings is 2. The van der Waals surface area contributed by atoms with Crippen molar-refractivity contribution in [2.24, 2.45) is 0 Å². The molecule has 1 aliphatic rings. The molecular weight excluding hydrogens is 442 g/mol. The van der Waals surface area contributed by atoms with E-state index in [1.165, 1.54) is 19.2 Å². The molecular formula is C21H22ClN3O7. The molecule has 1 heterocycles. The lowest BCUT2D eigenvalue weighted by molar-refractivity contribution is -0.384. The number of carbonyl (C=O) groups excluding carboxylic acids is 2. The van der Waals surface area contributed by atoms with E-state index in [0.29, 0.717) is 48.5 Å². The molecule has 1 aliphatic heterocycles. The molecule has 0 saturated carbocycles. The molecule has 2 aromatic carbocycles. The van der Waals surface area contributed by atoms with Gasteiger partial charge in [-0.15, -0.1) is 0 Å². The van der Waals surface area contributed by atoms with E-state index in [4.69, 9.17) is 25.8 Å². The summed E-state index contributed by atoms with van der Waals surface area (Å²) in [6.45, 7) is 3.16. The van der Waals surface area contributed by atoms with Gasteiger partial charge in [0, 0.05) is 36.3 Å². The molecule has 2 aromatic rings. The molecule has 0 aromatic heterocycles. The van der Waals surface area contributed by atoms with E-state index in [0.717, 1.165) is 11.6 Å². The first-order valence-electron chi connectivity index (χ1n) is 9.72. The van der Waals surface area contributed by atoms with Crippen molar-refractivity contribution in [2.75, 3.05) is 50.2 Å². The predicted octanol–water partition coefficient (Wildman–Crippen LogP) is 3.20. The summed E-state index contributed by atoms with van der Waals surface area (Å²) in [7, 11) is 1.44. The minimum Gasteiger partial charge on any atom is -0.495 e. The predicted molar refractivity (Wildman–Crippen MR) is 118 cm³/mol. The molecule has 11 heteroatoms. The third kappa shape index (κ3) is 5.45. The number of nitrogens with one attached hydrogen (secondary N) is 1. The van der Waals surface area contributed by atoms with Crippen molar-refractivity contribution < 1.29 is 28.7 Å². The number of ether oxygens (including phenoxy) is 3. The Bertz CT molecular complexity index is 1040. The van der Waals surface area contributed by atoms with Gasteiger partial charge >= 0.3 is 5.97 Å². The van der Waals surface area contributed by atoms with Crippen molar-refractivity contribution in [1.82, 2.24) is 0 Å². The number of non-ortho nitro benzene ring substituents is 1. The number of aryl methyl sites for hydroxylation is 1. The maximum atomic E-state index is 12.7. The molecule has 0 atom stereocenters. The van der Waals surface area contributed by atoms with Crippen LogP contribution in [0, 0.1) is 17.0 Å². The molecule has 0 spiro atoms. The zero-order valence-corrected chi connectivity index (χ0v) is 18.3. The van der Waals surface area contributed by atoms with Crippen LogP contribution in [0.1, 0.15) is 15.9 Å². The van der Waals surface area contributed by atoms with E-state index in [2.05, 4.69) is 5.32 Å². The number of amides is 1. The van der Waals surface area contributed by atoms with Crippen molar-refractivity contribution >= 4 is 40.5 Å². The molecule has 1 saturated heterocycles. The average Bonchev–Trinajstić information content (AvgIpc) is 2.79. The number of morpholine rings is 1. The van der Waals surface area contributed by atoms with E-state index >= 15 is 0 Å². The quantitative estimate of drug-likeness (QED) is 0.377. The molecule has 10 nitrogen and oxygen atoms in total. The van der Waals surface area contributed by atoms with Gasteiger partial charge in [-0.25, -0.2) is 4.79 Å². The third-order valence-corrected chi connectivity index (χ3v) is 5.26. The molecule has 1 N–H and O–H groups in total. The van der Waals surface area contributed by atoms with Crippen molar-refractivity contribution in [3.05, 3.63) is 56.6 Å². The Labute approximate surface area is 189 Å². The molecule has 0 radical (unpaired) electrons. The smallest absolute Gasteiger partial charge is 0.341 e. The number of nitro benzene ring substituents is 1. The Balaban J connectivity index is 1.74. The van der Waals surface area contributed by atoms with Gasteiger partial charge in [0.05, 0.1) is 42.2 Å². The van der Waals surface area contributed by atoms with Crippen LogP contribution < -0.4 is 15.0 Å². The lowest BCUT2D eigenvalue weighted by atomic mass is 10.1. The molecule has 170 valence electrons. The zero-order chi connectivity index (χ0) is 23.3. The number of anilines is 2. The van der Waals surface area contributed by atoms with E-state index in [1.807, 2.05) is 4.90 Å². The van der Waals surface area contributed by atoms with Crippen LogP contribution in [0.5, 0.6) is 5.75 Å². The van der Waals surface area contributed by atoms with Crippen LogP contribution in [0.3, 0.4) is 0 Å². The Morgan fingerprint density at radius 2 is 1.97 bits per heavy atom.